The van der Waals surface area contributed by atoms with Crippen molar-refractivity contribution in [1.82, 2.24) is 20.4 Å². The second-order valence-corrected chi connectivity index (χ2v) is 7.17. The van der Waals surface area contributed by atoms with Crippen molar-refractivity contribution in [2.45, 2.75) is 59.2 Å². The summed E-state index contributed by atoms with van der Waals surface area (Å²) in [6, 6.07) is 7.62. The summed E-state index contributed by atoms with van der Waals surface area (Å²) in [5, 5.41) is 5.52. The maximum Gasteiger partial charge on any atom is 0.325 e. The van der Waals surface area contributed by atoms with Crippen LogP contribution in [0.5, 0.6) is 0 Å². The summed E-state index contributed by atoms with van der Waals surface area (Å²) >= 11 is 0. The van der Waals surface area contributed by atoms with Gasteiger partial charge >= 0.3 is 6.03 Å². The molecule has 0 spiro atoms. The molecule has 1 aromatic carbocycles. The number of nitrogens with one attached hydrogen (secondary N) is 2. The third-order valence-electron chi connectivity index (χ3n) is 5.57. The lowest BCUT2D eigenvalue weighted by Crippen LogP contribution is -2.46. The van der Waals surface area contributed by atoms with Crippen molar-refractivity contribution in [2.24, 2.45) is 0 Å². The second-order valence-electron chi connectivity index (χ2n) is 7.17. The van der Waals surface area contributed by atoms with Gasteiger partial charge in [-0.1, -0.05) is 52.0 Å². The SMILES string of the molecule is CCN(CC)Cc1ccc(CNC(=O)CN2C(=O)NC(CC)(CC)C2=O)cc1. The third-order valence-corrected chi connectivity index (χ3v) is 5.57. The van der Waals surface area contributed by atoms with E-state index in [1.807, 2.05) is 26.0 Å². The standard InChI is InChI=1S/C21H32N4O3/c1-5-21(6-2)19(27)25(20(28)23-21)15-18(26)22-13-16-9-11-17(12-10-16)14-24(7-3)8-4/h9-12H,5-8,13-15H2,1-4H3,(H,22,26)(H,23,28). The molecule has 0 aliphatic carbocycles. The number of nitrogens with zero attached hydrogens (tertiary/aromatic N) is 2. The average molecular weight is 389 g/mol. The van der Waals surface area contributed by atoms with Gasteiger partial charge in [-0.2, -0.15) is 0 Å². The Hall–Kier alpha value is -2.41. The summed E-state index contributed by atoms with van der Waals surface area (Å²) in [5.74, 6) is -0.669. The van der Waals surface area contributed by atoms with Crippen molar-refractivity contribution in [3.8, 4) is 0 Å². The Balaban J connectivity index is 1.87. The number of carbonyl (C=O) groups is 3. The zero-order valence-electron chi connectivity index (χ0n) is 17.4. The van der Waals surface area contributed by atoms with Gasteiger partial charge in [0.2, 0.25) is 5.91 Å². The maximum absolute atomic E-state index is 12.5. The lowest BCUT2D eigenvalue weighted by atomic mass is 9.93. The smallest absolute Gasteiger partial charge is 0.325 e. The Morgan fingerprint density at radius 2 is 1.61 bits per heavy atom. The number of hydrogen-bond acceptors (Lipinski definition) is 4. The highest BCUT2D eigenvalue weighted by Crippen LogP contribution is 2.24. The minimum absolute atomic E-state index is 0.257. The predicted octanol–water partition coefficient (Wildman–Crippen LogP) is 2.26. The van der Waals surface area contributed by atoms with E-state index in [1.165, 1.54) is 5.56 Å². The molecule has 0 atom stereocenters. The first kappa shape index (κ1) is 21.9. The van der Waals surface area contributed by atoms with Crippen molar-refractivity contribution in [3.05, 3.63) is 35.4 Å². The van der Waals surface area contributed by atoms with Gasteiger partial charge in [-0.25, -0.2) is 4.79 Å². The molecule has 0 unspecified atom stereocenters. The molecular formula is C21H32N4O3. The molecule has 2 rings (SSSR count). The topological polar surface area (TPSA) is 81.8 Å². The van der Waals surface area contributed by atoms with Crippen LogP contribution in [0.2, 0.25) is 0 Å². The van der Waals surface area contributed by atoms with Crippen molar-refractivity contribution >= 4 is 17.8 Å². The van der Waals surface area contributed by atoms with E-state index in [9.17, 15) is 14.4 Å². The van der Waals surface area contributed by atoms with Crippen LogP contribution in [0.4, 0.5) is 4.79 Å². The minimum Gasteiger partial charge on any atom is -0.350 e. The molecule has 4 amide bonds. The fraction of sp³-hybridized carbons (Fsp3) is 0.571. The van der Waals surface area contributed by atoms with Crippen LogP contribution in [0.3, 0.4) is 0 Å². The maximum atomic E-state index is 12.5. The molecule has 7 heteroatoms. The van der Waals surface area contributed by atoms with Gasteiger partial charge in [0.25, 0.3) is 5.91 Å². The van der Waals surface area contributed by atoms with Gasteiger partial charge in [0, 0.05) is 13.1 Å². The average Bonchev–Trinajstić information content (AvgIpc) is 2.96. The molecule has 2 N–H and O–H groups in total. The molecule has 1 aliphatic heterocycles. The lowest BCUT2D eigenvalue weighted by molar-refractivity contribution is -0.135. The Kier molecular flexibility index (Phi) is 7.57. The molecule has 1 heterocycles. The quantitative estimate of drug-likeness (QED) is 0.603. The first-order valence-electron chi connectivity index (χ1n) is 10.1. The molecule has 0 bridgehead atoms. The van der Waals surface area contributed by atoms with Crippen LogP contribution < -0.4 is 10.6 Å². The van der Waals surface area contributed by atoms with E-state index in [1.54, 1.807) is 0 Å². The Bertz CT molecular complexity index is 694. The Morgan fingerprint density at radius 1 is 1.04 bits per heavy atom. The van der Waals surface area contributed by atoms with Crippen LogP contribution in [-0.4, -0.2) is 52.8 Å². The summed E-state index contributed by atoms with van der Waals surface area (Å²) in [5.41, 5.74) is 1.33. The summed E-state index contributed by atoms with van der Waals surface area (Å²) in [6.45, 7) is 11.0. The molecule has 1 aliphatic rings. The lowest BCUT2D eigenvalue weighted by Gasteiger charge is -2.23. The van der Waals surface area contributed by atoms with Gasteiger partial charge in [0.15, 0.2) is 0 Å². The zero-order chi connectivity index (χ0) is 20.7. The van der Waals surface area contributed by atoms with E-state index in [0.29, 0.717) is 19.4 Å². The van der Waals surface area contributed by atoms with Crippen LogP contribution in [0.1, 0.15) is 51.7 Å². The molecule has 1 fully saturated rings. The monoisotopic (exact) mass is 388 g/mol. The molecule has 154 valence electrons. The number of urea groups is 1. The van der Waals surface area contributed by atoms with Crippen molar-refractivity contribution in [3.63, 3.8) is 0 Å². The van der Waals surface area contributed by atoms with Crippen LogP contribution >= 0.6 is 0 Å². The van der Waals surface area contributed by atoms with E-state index >= 15 is 0 Å². The Labute approximate surface area is 167 Å². The van der Waals surface area contributed by atoms with Gasteiger partial charge in [0.05, 0.1) is 0 Å². The van der Waals surface area contributed by atoms with Crippen molar-refractivity contribution < 1.29 is 14.4 Å². The number of carbonyl (C=O) groups excluding carboxylic acids is 3. The van der Waals surface area contributed by atoms with Gasteiger partial charge in [-0.05, 0) is 37.1 Å². The molecule has 0 radical (unpaired) electrons. The third kappa shape index (κ3) is 4.90. The molecule has 28 heavy (non-hydrogen) atoms. The molecule has 7 nitrogen and oxygen atoms in total. The number of hydrogen-bond donors (Lipinski definition) is 2. The summed E-state index contributed by atoms with van der Waals surface area (Å²) in [6.07, 6.45) is 1.01. The molecule has 1 saturated heterocycles. The van der Waals surface area contributed by atoms with Crippen molar-refractivity contribution in [2.75, 3.05) is 19.6 Å². The fourth-order valence-electron chi connectivity index (χ4n) is 3.42. The normalized spacial score (nSPS) is 15.8. The zero-order valence-corrected chi connectivity index (χ0v) is 17.4. The van der Waals surface area contributed by atoms with Gasteiger partial charge in [-0.15, -0.1) is 0 Å². The highest BCUT2D eigenvalue weighted by Gasteiger charge is 2.49. The summed E-state index contributed by atoms with van der Waals surface area (Å²) < 4.78 is 0. The number of imide groups is 1. The number of amides is 4. The van der Waals surface area contributed by atoms with Gasteiger partial charge in [-0.3, -0.25) is 19.4 Å². The van der Waals surface area contributed by atoms with Crippen LogP contribution in [-0.2, 0) is 22.7 Å². The van der Waals surface area contributed by atoms with Crippen LogP contribution in [0.25, 0.3) is 0 Å². The van der Waals surface area contributed by atoms with E-state index in [2.05, 4.69) is 41.5 Å². The van der Waals surface area contributed by atoms with Crippen LogP contribution in [0.15, 0.2) is 24.3 Å². The van der Waals surface area contributed by atoms with E-state index in [0.717, 1.165) is 30.1 Å². The molecular weight excluding hydrogens is 356 g/mol. The molecule has 1 aromatic rings. The van der Waals surface area contributed by atoms with Gasteiger partial charge < -0.3 is 10.6 Å². The first-order chi connectivity index (χ1) is 13.4. The molecule has 0 saturated carbocycles. The van der Waals surface area contributed by atoms with E-state index in [-0.39, 0.29) is 18.4 Å². The summed E-state index contributed by atoms with van der Waals surface area (Å²) in [7, 11) is 0. The predicted molar refractivity (Wildman–Crippen MR) is 108 cm³/mol. The number of rotatable bonds is 10. The first-order valence-corrected chi connectivity index (χ1v) is 10.1. The minimum atomic E-state index is -0.877. The largest absolute Gasteiger partial charge is 0.350 e. The fourth-order valence-corrected chi connectivity index (χ4v) is 3.42. The van der Waals surface area contributed by atoms with Crippen molar-refractivity contribution in [1.29, 1.82) is 0 Å². The summed E-state index contributed by atoms with van der Waals surface area (Å²) in [4.78, 5) is 40.3. The van der Waals surface area contributed by atoms with E-state index < -0.39 is 11.6 Å². The van der Waals surface area contributed by atoms with E-state index in [4.69, 9.17) is 0 Å². The highest BCUT2D eigenvalue weighted by molar-refractivity contribution is 6.08. The Morgan fingerprint density at radius 3 is 2.11 bits per heavy atom. The number of benzene rings is 1. The van der Waals surface area contributed by atoms with Crippen LogP contribution in [0, 0.1) is 0 Å². The van der Waals surface area contributed by atoms with Gasteiger partial charge in [0.1, 0.15) is 12.1 Å². The highest BCUT2D eigenvalue weighted by atomic mass is 16.2. The molecule has 0 aromatic heterocycles. The second kappa shape index (κ2) is 9.68.